The zero-order valence-corrected chi connectivity index (χ0v) is 12.7. The lowest BCUT2D eigenvalue weighted by molar-refractivity contribution is -0.122. The van der Waals surface area contributed by atoms with Gasteiger partial charge in [-0.05, 0) is 50.1 Å². The Hall–Kier alpha value is -2.29. The van der Waals surface area contributed by atoms with E-state index in [1.54, 1.807) is 0 Å². The molecule has 0 saturated carbocycles. The molecule has 0 fully saturated rings. The first-order chi connectivity index (χ1) is 10.1. The number of rotatable bonds is 5. The van der Waals surface area contributed by atoms with Gasteiger partial charge in [-0.3, -0.25) is 4.79 Å². The van der Waals surface area contributed by atoms with Crippen LogP contribution in [0.25, 0.3) is 0 Å². The highest BCUT2D eigenvalue weighted by Crippen LogP contribution is 2.16. The van der Waals surface area contributed by atoms with Crippen molar-refractivity contribution in [1.82, 2.24) is 0 Å². The maximum atomic E-state index is 12.3. The predicted molar refractivity (Wildman–Crippen MR) is 85.7 cm³/mol. The van der Waals surface area contributed by atoms with Crippen molar-refractivity contribution in [2.24, 2.45) is 0 Å². The van der Waals surface area contributed by atoms with Gasteiger partial charge in [-0.25, -0.2) is 0 Å². The van der Waals surface area contributed by atoms with Gasteiger partial charge in [0.25, 0.3) is 5.91 Å². The Bertz CT molecular complexity index is 605. The molecule has 0 radical (unpaired) electrons. The van der Waals surface area contributed by atoms with Crippen LogP contribution in [0.3, 0.4) is 0 Å². The fourth-order valence-corrected chi connectivity index (χ4v) is 2.05. The van der Waals surface area contributed by atoms with Gasteiger partial charge in [-0.15, -0.1) is 0 Å². The first-order valence-corrected chi connectivity index (χ1v) is 7.19. The summed E-state index contributed by atoms with van der Waals surface area (Å²) in [5, 5.41) is 2.90. The highest BCUT2D eigenvalue weighted by atomic mass is 16.5. The van der Waals surface area contributed by atoms with Gasteiger partial charge < -0.3 is 10.1 Å². The van der Waals surface area contributed by atoms with Gasteiger partial charge in [0.15, 0.2) is 6.10 Å². The Morgan fingerprint density at radius 2 is 1.81 bits per heavy atom. The summed E-state index contributed by atoms with van der Waals surface area (Å²) >= 11 is 0. The minimum absolute atomic E-state index is 0.122. The number of hydrogen-bond acceptors (Lipinski definition) is 2. The molecule has 0 spiro atoms. The Kier molecular flexibility index (Phi) is 4.99. The highest BCUT2D eigenvalue weighted by Gasteiger charge is 2.18. The fourth-order valence-electron chi connectivity index (χ4n) is 2.05. The number of ether oxygens (including phenoxy) is 1. The lowest BCUT2D eigenvalue weighted by atomic mass is 10.2. The molecule has 1 amide bonds. The van der Waals surface area contributed by atoms with Crippen molar-refractivity contribution in [1.29, 1.82) is 0 Å². The van der Waals surface area contributed by atoms with Crippen LogP contribution in [0.5, 0.6) is 5.75 Å². The van der Waals surface area contributed by atoms with Crippen molar-refractivity contribution in [3.05, 3.63) is 59.7 Å². The maximum Gasteiger partial charge on any atom is 0.265 e. The molecule has 3 heteroatoms. The van der Waals surface area contributed by atoms with E-state index >= 15 is 0 Å². The topological polar surface area (TPSA) is 38.3 Å². The molecule has 0 aliphatic carbocycles. The van der Waals surface area contributed by atoms with E-state index in [0.717, 1.165) is 11.3 Å². The van der Waals surface area contributed by atoms with Crippen LogP contribution in [0, 0.1) is 13.8 Å². The molecule has 0 aliphatic rings. The van der Waals surface area contributed by atoms with Crippen molar-refractivity contribution >= 4 is 11.6 Å². The number of anilines is 1. The molecule has 0 saturated heterocycles. The van der Waals surface area contributed by atoms with E-state index in [1.165, 1.54) is 5.56 Å². The summed E-state index contributed by atoms with van der Waals surface area (Å²) in [7, 11) is 0. The van der Waals surface area contributed by atoms with E-state index in [9.17, 15) is 4.79 Å². The molecule has 2 rings (SSSR count). The zero-order chi connectivity index (χ0) is 15.2. The molecule has 110 valence electrons. The summed E-state index contributed by atoms with van der Waals surface area (Å²) < 4.78 is 5.77. The molecule has 0 aromatic heterocycles. The second-order valence-electron chi connectivity index (χ2n) is 5.19. The monoisotopic (exact) mass is 283 g/mol. The van der Waals surface area contributed by atoms with E-state index in [0.29, 0.717) is 12.2 Å². The fraction of sp³-hybridized carbons (Fsp3) is 0.278. The normalized spacial score (nSPS) is 11.8. The van der Waals surface area contributed by atoms with Gasteiger partial charge in [-0.1, -0.05) is 36.8 Å². The molecule has 21 heavy (non-hydrogen) atoms. The Balaban J connectivity index is 2.03. The predicted octanol–water partition coefficient (Wildman–Crippen LogP) is 4.10. The van der Waals surface area contributed by atoms with Crippen molar-refractivity contribution in [3.8, 4) is 5.75 Å². The molecule has 3 nitrogen and oxygen atoms in total. The third-order valence-electron chi connectivity index (χ3n) is 3.25. The van der Waals surface area contributed by atoms with Crippen LogP contribution in [0.4, 0.5) is 5.69 Å². The van der Waals surface area contributed by atoms with E-state index in [1.807, 2.05) is 69.3 Å². The van der Waals surface area contributed by atoms with Crippen molar-refractivity contribution in [2.45, 2.75) is 33.3 Å². The largest absolute Gasteiger partial charge is 0.481 e. The van der Waals surface area contributed by atoms with Crippen molar-refractivity contribution in [2.75, 3.05) is 5.32 Å². The van der Waals surface area contributed by atoms with Gasteiger partial charge in [0, 0.05) is 5.69 Å². The second kappa shape index (κ2) is 6.93. The zero-order valence-electron chi connectivity index (χ0n) is 12.7. The van der Waals surface area contributed by atoms with Crippen molar-refractivity contribution < 1.29 is 9.53 Å². The number of hydrogen-bond donors (Lipinski definition) is 1. The number of benzene rings is 2. The Morgan fingerprint density at radius 3 is 2.43 bits per heavy atom. The average Bonchev–Trinajstić information content (AvgIpc) is 2.46. The second-order valence-corrected chi connectivity index (χ2v) is 5.19. The Labute approximate surface area is 126 Å². The molecular formula is C18H21NO2. The molecule has 2 aromatic rings. The Morgan fingerprint density at radius 1 is 1.10 bits per heavy atom. The number of carbonyl (C=O) groups is 1. The molecule has 1 atom stereocenters. The van der Waals surface area contributed by atoms with E-state index in [-0.39, 0.29) is 5.91 Å². The van der Waals surface area contributed by atoms with Crippen LogP contribution < -0.4 is 10.1 Å². The summed E-state index contributed by atoms with van der Waals surface area (Å²) in [4.78, 5) is 12.3. The van der Waals surface area contributed by atoms with Crippen LogP contribution in [0.1, 0.15) is 24.5 Å². The van der Waals surface area contributed by atoms with Crippen molar-refractivity contribution in [3.63, 3.8) is 0 Å². The van der Waals surface area contributed by atoms with Crippen LogP contribution in [0.15, 0.2) is 48.5 Å². The van der Waals surface area contributed by atoms with Gasteiger partial charge in [0.1, 0.15) is 5.75 Å². The molecule has 1 N–H and O–H groups in total. The molecule has 0 unspecified atom stereocenters. The quantitative estimate of drug-likeness (QED) is 0.897. The maximum absolute atomic E-state index is 12.3. The standard InChI is InChI=1S/C18H21NO2/c1-4-17(21-16-10-8-13(2)9-11-16)18(20)19-15-7-5-6-14(3)12-15/h5-12,17H,4H2,1-3H3,(H,19,20)/t17-/m0/s1. The third-order valence-corrected chi connectivity index (χ3v) is 3.25. The molecule has 0 heterocycles. The first kappa shape index (κ1) is 15.1. The van der Waals surface area contributed by atoms with Crippen LogP contribution in [0.2, 0.25) is 0 Å². The van der Waals surface area contributed by atoms with Crippen LogP contribution >= 0.6 is 0 Å². The summed E-state index contributed by atoms with van der Waals surface area (Å²) in [6, 6.07) is 15.5. The number of carbonyl (C=O) groups excluding carboxylic acids is 1. The van der Waals surface area contributed by atoms with Gasteiger partial charge in [-0.2, -0.15) is 0 Å². The lowest BCUT2D eigenvalue weighted by Crippen LogP contribution is -2.32. The number of amides is 1. The third kappa shape index (κ3) is 4.35. The number of nitrogens with one attached hydrogen (secondary N) is 1. The highest BCUT2D eigenvalue weighted by molar-refractivity contribution is 5.94. The smallest absolute Gasteiger partial charge is 0.265 e. The summed E-state index contributed by atoms with van der Waals surface area (Å²) in [6.45, 7) is 5.95. The van der Waals surface area contributed by atoms with E-state index in [2.05, 4.69) is 5.32 Å². The summed E-state index contributed by atoms with van der Waals surface area (Å²) in [5.74, 6) is 0.593. The van der Waals surface area contributed by atoms with Gasteiger partial charge in [0.2, 0.25) is 0 Å². The molecule has 2 aromatic carbocycles. The molecular weight excluding hydrogens is 262 g/mol. The SMILES string of the molecule is CC[C@H](Oc1ccc(C)cc1)C(=O)Nc1cccc(C)c1. The molecule has 0 aliphatic heterocycles. The molecule has 0 bridgehead atoms. The lowest BCUT2D eigenvalue weighted by Gasteiger charge is -2.17. The van der Waals surface area contributed by atoms with Crippen LogP contribution in [-0.2, 0) is 4.79 Å². The van der Waals surface area contributed by atoms with E-state index < -0.39 is 6.10 Å². The first-order valence-electron chi connectivity index (χ1n) is 7.19. The van der Waals surface area contributed by atoms with E-state index in [4.69, 9.17) is 4.74 Å². The minimum Gasteiger partial charge on any atom is -0.481 e. The number of aryl methyl sites for hydroxylation is 2. The van der Waals surface area contributed by atoms with Crippen LogP contribution in [-0.4, -0.2) is 12.0 Å². The summed E-state index contributed by atoms with van der Waals surface area (Å²) in [6.07, 6.45) is 0.124. The average molecular weight is 283 g/mol. The van der Waals surface area contributed by atoms with Gasteiger partial charge in [0.05, 0.1) is 0 Å². The summed E-state index contributed by atoms with van der Waals surface area (Å²) in [5.41, 5.74) is 3.07. The van der Waals surface area contributed by atoms with Gasteiger partial charge >= 0.3 is 0 Å². The minimum atomic E-state index is -0.492.